The second-order valence-corrected chi connectivity index (χ2v) is 8.61. The van der Waals surface area contributed by atoms with E-state index in [0.29, 0.717) is 29.2 Å². The van der Waals surface area contributed by atoms with E-state index in [0.717, 1.165) is 19.3 Å². The number of ether oxygens (including phenoxy) is 1. The number of fused-ring (bicyclic) bond motifs is 1. The summed E-state index contributed by atoms with van der Waals surface area (Å²) in [4.78, 5) is 30.3. The van der Waals surface area contributed by atoms with E-state index < -0.39 is 5.97 Å². The minimum absolute atomic E-state index is 0.0535. The molecule has 0 atom stereocenters. The van der Waals surface area contributed by atoms with Crippen LogP contribution in [0.25, 0.3) is 5.65 Å². The van der Waals surface area contributed by atoms with E-state index in [-0.39, 0.29) is 23.6 Å². The molecule has 4 aliphatic rings. The van der Waals surface area contributed by atoms with Crippen LogP contribution in [0.4, 0.5) is 5.82 Å². The first-order valence-corrected chi connectivity index (χ1v) is 10.0. The summed E-state index contributed by atoms with van der Waals surface area (Å²) in [5.74, 6) is 2.06. The van der Waals surface area contributed by atoms with Gasteiger partial charge in [-0.25, -0.2) is 9.78 Å². The van der Waals surface area contributed by atoms with Gasteiger partial charge in [-0.15, -0.1) is 0 Å². The fourth-order valence-corrected chi connectivity index (χ4v) is 6.09. The van der Waals surface area contributed by atoms with E-state index >= 15 is 0 Å². The lowest BCUT2D eigenvalue weighted by Gasteiger charge is -2.55. The van der Waals surface area contributed by atoms with Gasteiger partial charge in [0.15, 0.2) is 11.5 Å². The Morgan fingerprint density at radius 1 is 1.19 bits per heavy atom. The number of anilines is 1. The highest BCUT2D eigenvalue weighted by Gasteiger charge is 2.54. The van der Waals surface area contributed by atoms with Crippen molar-refractivity contribution in [2.24, 2.45) is 23.2 Å². The van der Waals surface area contributed by atoms with Gasteiger partial charge in [0.05, 0.1) is 12.0 Å². The van der Waals surface area contributed by atoms with Crippen LogP contribution in [0.1, 0.15) is 55.9 Å². The first kappa shape index (κ1) is 16.8. The van der Waals surface area contributed by atoms with E-state index in [4.69, 9.17) is 4.74 Å². The Hall–Kier alpha value is -2.37. The van der Waals surface area contributed by atoms with Crippen molar-refractivity contribution in [1.29, 1.82) is 0 Å². The molecule has 0 aromatic carbocycles. The molecule has 0 aliphatic heterocycles. The predicted molar refractivity (Wildman–Crippen MR) is 100 cm³/mol. The van der Waals surface area contributed by atoms with Crippen LogP contribution in [0.2, 0.25) is 0 Å². The molecule has 0 unspecified atom stereocenters. The number of esters is 1. The number of pyridine rings is 1. The molecule has 6 nitrogen and oxygen atoms in total. The molecular formula is C21H25N3O3. The molecule has 142 valence electrons. The van der Waals surface area contributed by atoms with Gasteiger partial charge in [0.25, 0.3) is 0 Å². The number of amides is 1. The van der Waals surface area contributed by atoms with Crippen molar-refractivity contribution in [2.75, 3.05) is 11.9 Å². The third kappa shape index (κ3) is 2.65. The van der Waals surface area contributed by atoms with Gasteiger partial charge in [-0.1, -0.05) is 6.07 Å². The standard InChI is InChI=1S/C21H25N3O3/c1-2-27-19(25)17-18(24-6-4-3-5-16(24)22-17)23-20(26)21-10-13-7-14(11-21)9-15(8-13)12-21/h3-6,13-15H,2,7-12H2,1H3,(H,23,26). The van der Waals surface area contributed by atoms with Crippen molar-refractivity contribution < 1.29 is 14.3 Å². The molecule has 4 fully saturated rings. The average Bonchev–Trinajstić information content (AvgIpc) is 3.00. The van der Waals surface area contributed by atoms with Crippen LogP contribution in [-0.2, 0) is 9.53 Å². The Balaban J connectivity index is 1.50. The van der Waals surface area contributed by atoms with Gasteiger partial charge in [0.2, 0.25) is 5.91 Å². The zero-order valence-electron chi connectivity index (χ0n) is 15.6. The Bertz CT molecular complexity index is 881. The summed E-state index contributed by atoms with van der Waals surface area (Å²) in [6.07, 6.45) is 8.63. The van der Waals surface area contributed by atoms with E-state index in [1.165, 1.54) is 19.3 Å². The number of nitrogens with zero attached hydrogens (tertiary/aromatic N) is 2. The van der Waals surface area contributed by atoms with Crippen molar-refractivity contribution in [1.82, 2.24) is 9.38 Å². The predicted octanol–water partition coefficient (Wildman–Crippen LogP) is 3.67. The number of nitrogens with one attached hydrogen (secondary N) is 1. The maximum Gasteiger partial charge on any atom is 0.360 e. The Kier molecular flexibility index (Phi) is 3.78. The van der Waals surface area contributed by atoms with Crippen molar-refractivity contribution in [2.45, 2.75) is 45.4 Å². The number of hydrogen-bond donors (Lipinski definition) is 1. The zero-order valence-corrected chi connectivity index (χ0v) is 15.6. The third-order valence-corrected chi connectivity index (χ3v) is 6.75. The van der Waals surface area contributed by atoms with Crippen molar-refractivity contribution in [3.63, 3.8) is 0 Å². The van der Waals surface area contributed by atoms with E-state index in [1.807, 2.05) is 24.4 Å². The summed E-state index contributed by atoms with van der Waals surface area (Å²) in [6, 6.07) is 5.55. The van der Waals surface area contributed by atoms with Crippen LogP contribution in [0, 0.1) is 23.2 Å². The lowest BCUT2D eigenvalue weighted by Crippen LogP contribution is -2.52. The van der Waals surface area contributed by atoms with Gasteiger partial charge in [0.1, 0.15) is 5.65 Å². The summed E-state index contributed by atoms with van der Waals surface area (Å²) in [6.45, 7) is 2.04. The number of rotatable bonds is 4. The molecule has 0 radical (unpaired) electrons. The number of carbonyl (C=O) groups excluding carboxylic acids is 2. The number of aromatic nitrogens is 2. The summed E-state index contributed by atoms with van der Waals surface area (Å²) in [5.41, 5.74) is 0.530. The lowest BCUT2D eigenvalue weighted by atomic mass is 9.49. The molecule has 4 bridgehead atoms. The molecule has 1 amide bonds. The number of hydrogen-bond acceptors (Lipinski definition) is 4. The Morgan fingerprint density at radius 2 is 1.85 bits per heavy atom. The maximum absolute atomic E-state index is 13.4. The molecular weight excluding hydrogens is 342 g/mol. The number of imidazole rings is 1. The van der Waals surface area contributed by atoms with Crippen LogP contribution in [0.15, 0.2) is 24.4 Å². The van der Waals surface area contributed by atoms with E-state index in [2.05, 4.69) is 10.3 Å². The van der Waals surface area contributed by atoms with Gasteiger partial charge >= 0.3 is 5.97 Å². The van der Waals surface area contributed by atoms with Gasteiger partial charge in [-0.3, -0.25) is 9.20 Å². The van der Waals surface area contributed by atoms with Gasteiger partial charge < -0.3 is 10.1 Å². The second-order valence-electron chi connectivity index (χ2n) is 8.61. The molecule has 1 N–H and O–H groups in total. The molecule has 2 aromatic rings. The summed E-state index contributed by atoms with van der Waals surface area (Å²) in [7, 11) is 0. The molecule has 2 aromatic heterocycles. The van der Waals surface area contributed by atoms with E-state index in [9.17, 15) is 9.59 Å². The molecule has 27 heavy (non-hydrogen) atoms. The molecule has 6 rings (SSSR count). The molecule has 4 saturated carbocycles. The highest BCUT2D eigenvalue weighted by atomic mass is 16.5. The number of carbonyl (C=O) groups is 2. The fraction of sp³-hybridized carbons (Fsp3) is 0.571. The first-order valence-electron chi connectivity index (χ1n) is 10.0. The Morgan fingerprint density at radius 3 is 2.48 bits per heavy atom. The molecule has 2 heterocycles. The zero-order chi connectivity index (χ0) is 18.6. The summed E-state index contributed by atoms with van der Waals surface area (Å²) >= 11 is 0. The minimum atomic E-state index is -0.498. The third-order valence-electron chi connectivity index (χ3n) is 6.75. The summed E-state index contributed by atoms with van der Waals surface area (Å²) in [5, 5.41) is 3.09. The van der Waals surface area contributed by atoms with Crippen LogP contribution in [0.5, 0.6) is 0 Å². The van der Waals surface area contributed by atoms with Crippen LogP contribution >= 0.6 is 0 Å². The summed E-state index contributed by atoms with van der Waals surface area (Å²) < 4.78 is 6.93. The highest BCUT2D eigenvalue weighted by molar-refractivity contribution is 6.02. The molecule has 6 heteroatoms. The lowest BCUT2D eigenvalue weighted by molar-refractivity contribution is -0.140. The molecule has 0 saturated heterocycles. The maximum atomic E-state index is 13.4. The average molecular weight is 367 g/mol. The fourth-order valence-electron chi connectivity index (χ4n) is 6.09. The van der Waals surface area contributed by atoms with Gasteiger partial charge in [-0.05, 0) is 75.3 Å². The van der Waals surface area contributed by atoms with Crippen LogP contribution in [0.3, 0.4) is 0 Å². The van der Waals surface area contributed by atoms with Crippen LogP contribution in [-0.4, -0.2) is 27.9 Å². The monoisotopic (exact) mass is 367 g/mol. The smallest absolute Gasteiger partial charge is 0.360 e. The minimum Gasteiger partial charge on any atom is -0.461 e. The van der Waals surface area contributed by atoms with Crippen molar-refractivity contribution in [3.05, 3.63) is 30.1 Å². The molecule has 4 aliphatic carbocycles. The Labute approximate surface area is 158 Å². The van der Waals surface area contributed by atoms with E-state index in [1.54, 1.807) is 11.3 Å². The first-order chi connectivity index (χ1) is 13.1. The molecule has 0 spiro atoms. The van der Waals surface area contributed by atoms with Gasteiger partial charge in [0, 0.05) is 6.20 Å². The van der Waals surface area contributed by atoms with Crippen molar-refractivity contribution >= 4 is 23.3 Å². The highest BCUT2D eigenvalue weighted by Crippen LogP contribution is 2.60. The van der Waals surface area contributed by atoms with Crippen molar-refractivity contribution in [3.8, 4) is 0 Å². The topological polar surface area (TPSA) is 72.7 Å². The normalized spacial score (nSPS) is 31.2. The largest absolute Gasteiger partial charge is 0.461 e. The van der Waals surface area contributed by atoms with Crippen LogP contribution < -0.4 is 5.32 Å². The van der Waals surface area contributed by atoms with Gasteiger partial charge in [-0.2, -0.15) is 0 Å². The second kappa shape index (κ2) is 6.08. The SMILES string of the molecule is CCOC(=O)c1nc2ccccn2c1NC(=O)C12CC3CC(CC(C3)C1)C2. The quantitative estimate of drug-likeness (QED) is 0.837.